The molecule has 3 atom stereocenters. The van der Waals surface area contributed by atoms with Crippen LogP contribution >= 0.6 is 0 Å². The lowest BCUT2D eigenvalue weighted by atomic mass is 9.81. The Morgan fingerprint density at radius 1 is 1.18 bits per heavy atom. The first-order valence-electron chi connectivity index (χ1n) is 9.15. The summed E-state index contributed by atoms with van der Waals surface area (Å²) in [6.07, 6.45) is 0.369. The van der Waals surface area contributed by atoms with E-state index < -0.39 is 32.6 Å². The number of sulfone groups is 1. The van der Waals surface area contributed by atoms with Crippen LogP contribution in [0.1, 0.15) is 36.0 Å². The molecule has 0 aliphatic carbocycles. The molecule has 7 heteroatoms. The van der Waals surface area contributed by atoms with Crippen molar-refractivity contribution < 1.29 is 22.7 Å². The van der Waals surface area contributed by atoms with E-state index in [1.54, 1.807) is 37.3 Å². The normalized spacial score (nSPS) is 26.1. The molecule has 28 heavy (non-hydrogen) atoms. The van der Waals surface area contributed by atoms with E-state index >= 15 is 0 Å². The minimum absolute atomic E-state index is 0.162. The Hall–Kier alpha value is -2.54. The molecular weight excluding hydrogens is 378 g/mol. The third kappa shape index (κ3) is 2.76. The number of hydrogen-bond acceptors (Lipinski definition) is 5. The SMILES string of the molecule is COc1cccc2c1O[C@@]1(C)C[C@@H]2[C@H](S(=O)(=O)c2ccc(C)c(C)c2)C(=O)N1. The van der Waals surface area contributed by atoms with Gasteiger partial charge in [-0.15, -0.1) is 0 Å². The maximum absolute atomic E-state index is 13.5. The third-order valence-corrected chi connectivity index (χ3v) is 7.84. The number of hydrogen-bond donors (Lipinski definition) is 1. The number of benzene rings is 2. The minimum atomic E-state index is -3.90. The lowest BCUT2D eigenvalue weighted by Gasteiger charge is -2.47. The number of piperidine rings is 1. The summed E-state index contributed by atoms with van der Waals surface area (Å²) in [7, 11) is -2.36. The lowest BCUT2D eigenvalue weighted by molar-refractivity contribution is -0.132. The van der Waals surface area contributed by atoms with Gasteiger partial charge in [0.05, 0.1) is 12.0 Å². The number of ether oxygens (including phenoxy) is 2. The summed E-state index contributed by atoms with van der Waals surface area (Å²) in [5.74, 6) is -0.0504. The molecule has 6 nitrogen and oxygen atoms in total. The maximum Gasteiger partial charge on any atom is 0.242 e. The molecule has 0 spiro atoms. The predicted octanol–water partition coefficient (Wildman–Crippen LogP) is 2.87. The number of carbonyl (C=O) groups is 1. The van der Waals surface area contributed by atoms with Gasteiger partial charge in [-0.25, -0.2) is 8.42 Å². The van der Waals surface area contributed by atoms with Crippen molar-refractivity contribution >= 4 is 15.7 Å². The van der Waals surface area contributed by atoms with Crippen LogP contribution in [0.5, 0.6) is 11.5 Å². The van der Waals surface area contributed by atoms with Crippen molar-refractivity contribution in [1.29, 1.82) is 0 Å². The highest BCUT2D eigenvalue weighted by molar-refractivity contribution is 7.92. The monoisotopic (exact) mass is 401 g/mol. The molecule has 2 bridgehead atoms. The van der Waals surface area contributed by atoms with E-state index in [9.17, 15) is 13.2 Å². The first-order chi connectivity index (χ1) is 13.2. The molecule has 1 fully saturated rings. The smallest absolute Gasteiger partial charge is 0.242 e. The van der Waals surface area contributed by atoms with E-state index in [1.165, 1.54) is 7.11 Å². The van der Waals surface area contributed by atoms with Gasteiger partial charge in [0.2, 0.25) is 5.91 Å². The number of amides is 1. The van der Waals surface area contributed by atoms with Gasteiger partial charge in [-0.1, -0.05) is 18.2 Å². The Morgan fingerprint density at radius 3 is 2.61 bits per heavy atom. The molecule has 2 aliphatic heterocycles. The Bertz CT molecular complexity index is 1080. The number of nitrogens with one attached hydrogen (secondary N) is 1. The van der Waals surface area contributed by atoms with E-state index in [0.29, 0.717) is 23.5 Å². The summed E-state index contributed by atoms with van der Waals surface area (Å²) in [5, 5.41) is 1.55. The van der Waals surface area contributed by atoms with Gasteiger partial charge >= 0.3 is 0 Å². The van der Waals surface area contributed by atoms with Crippen LogP contribution < -0.4 is 14.8 Å². The average molecular weight is 401 g/mol. The van der Waals surface area contributed by atoms with Gasteiger partial charge in [0, 0.05) is 17.9 Å². The molecule has 2 aromatic carbocycles. The van der Waals surface area contributed by atoms with Crippen LogP contribution in [0.25, 0.3) is 0 Å². The highest BCUT2D eigenvalue weighted by Gasteiger charge is 2.54. The van der Waals surface area contributed by atoms with Crippen LogP contribution in [-0.4, -0.2) is 32.4 Å². The largest absolute Gasteiger partial charge is 0.493 e. The van der Waals surface area contributed by atoms with Crippen molar-refractivity contribution in [2.45, 2.75) is 49.0 Å². The van der Waals surface area contributed by atoms with E-state index in [0.717, 1.165) is 11.1 Å². The molecule has 2 aliphatic rings. The van der Waals surface area contributed by atoms with Gasteiger partial charge in [0.25, 0.3) is 0 Å². The average Bonchev–Trinajstić information content (AvgIpc) is 2.62. The van der Waals surface area contributed by atoms with E-state index in [1.807, 2.05) is 19.9 Å². The second kappa shape index (κ2) is 6.24. The molecule has 1 N–H and O–H groups in total. The van der Waals surface area contributed by atoms with Gasteiger partial charge in [0.15, 0.2) is 32.3 Å². The molecule has 0 saturated carbocycles. The van der Waals surface area contributed by atoms with Crippen LogP contribution in [0.2, 0.25) is 0 Å². The molecular formula is C21H23NO5S. The van der Waals surface area contributed by atoms with Crippen LogP contribution in [0.4, 0.5) is 0 Å². The van der Waals surface area contributed by atoms with Gasteiger partial charge in [-0.3, -0.25) is 4.79 Å². The van der Waals surface area contributed by atoms with Crippen molar-refractivity contribution in [3.63, 3.8) is 0 Å². The number of methoxy groups -OCH3 is 1. The Labute approximate surface area is 164 Å². The minimum Gasteiger partial charge on any atom is -0.493 e. The molecule has 0 aromatic heterocycles. The molecule has 0 unspecified atom stereocenters. The van der Waals surface area contributed by atoms with Crippen LogP contribution in [0.3, 0.4) is 0 Å². The Balaban J connectivity index is 1.88. The summed E-state index contributed by atoms with van der Waals surface area (Å²) < 4.78 is 38.4. The summed E-state index contributed by atoms with van der Waals surface area (Å²) in [5.41, 5.74) is 1.58. The van der Waals surface area contributed by atoms with Crippen LogP contribution in [0.15, 0.2) is 41.3 Å². The fraction of sp³-hybridized carbons (Fsp3) is 0.381. The molecule has 2 aromatic rings. The van der Waals surface area contributed by atoms with Crippen molar-refractivity contribution in [1.82, 2.24) is 5.32 Å². The van der Waals surface area contributed by atoms with E-state index in [-0.39, 0.29) is 4.90 Å². The second-order valence-electron chi connectivity index (χ2n) is 7.72. The van der Waals surface area contributed by atoms with Gasteiger partial charge in [-0.2, -0.15) is 0 Å². The zero-order valence-electron chi connectivity index (χ0n) is 16.3. The van der Waals surface area contributed by atoms with E-state index in [4.69, 9.17) is 9.47 Å². The molecule has 2 heterocycles. The number of rotatable bonds is 3. The van der Waals surface area contributed by atoms with Crippen molar-refractivity contribution in [3.8, 4) is 11.5 Å². The van der Waals surface area contributed by atoms with Crippen LogP contribution in [0, 0.1) is 13.8 Å². The van der Waals surface area contributed by atoms with Crippen molar-refractivity contribution in [2.75, 3.05) is 7.11 Å². The highest BCUT2D eigenvalue weighted by atomic mass is 32.2. The topological polar surface area (TPSA) is 81.7 Å². The number of para-hydroxylation sites is 1. The maximum atomic E-state index is 13.5. The van der Waals surface area contributed by atoms with Gasteiger partial charge < -0.3 is 14.8 Å². The third-order valence-electron chi connectivity index (χ3n) is 5.72. The van der Waals surface area contributed by atoms with Crippen molar-refractivity contribution in [3.05, 3.63) is 53.1 Å². The fourth-order valence-electron chi connectivity index (χ4n) is 4.15. The predicted molar refractivity (Wildman–Crippen MR) is 104 cm³/mol. The second-order valence-corrected chi connectivity index (χ2v) is 9.79. The van der Waals surface area contributed by atoms with Crippen molar-refractivity contribution in [2.24, 2.45) is 0 Å². The first-order valence-corrected chi connectivity index (χ1v) is 10.7. The quantitative estimate of drug-likeness (QED) is 0.855. The standard InChI is InChI=1S/C21H23NO5S/c1-12-8-9-14(10-13(12)2)28(24,25)19-16-11-21(3,22-20(19)23)27-18-15(16)6-5-7-17(18)26-4/h5-10,16,19H,11H2,1-4H3,(H,22,23)/t16-,19-,21-/m0/s1. The molecule has 0 radical (unpaired) electrons. The Kier molecular flexibility index (Phi) is 4.19. The molecule has 1 saturated heterocycles. The number of fused-ring (bicyclic) bond motifs is 4. The lowest BCUT2D eigenvalue weighted by Crippen LogP contribution is -2.63. The zero-order chi connectivity index (χ0) is 20.3. The number of aryl methyl sites for hydroxylation is 2. The van der Waals surface area contributed by atoms with Gasteiger partial charge in [-0.05, 0) is 50.1 Å². The molecule has 1 amide bonds. The van der Waals surface area contributed by atoms with E-state index in [2.05, 4.69) is 5.32 Å². The first kappa shape index (κ1) is 18.8. The summed E-state index contributed by atoms with van der Waals surface area (Å²) in [4.78, 5) is 13.1. The number of carbonyl (C=O) groups excluding carboxylic acids is 1. The summed E-state index contributed by atoms with van der Waals surface area (Å²) in [6, 6.07) is 10.3. The molecule has 4 rings (SSSR count). The Morgan fingerprint density at radius 2 is 1.93 bits per heavy atom. The zero-order valence-corrected chi connectivity index (χ0v) is 17.1. The summed E-state index contributed by atoms with van der Waals surface area (Å²) >= 11 is 0. The molecule has 148 valence electrons. The highest BCUT2D eigenvalue weighted by Crippen LogP contribution is 2.50. The van der Waals surface area contributed by atoms with Crippen LogP contribution in [-0.2, 0) is 14.6 Å². The summed E-state index contributed by atoms with van der Waals surface area (Å²) in [6.45, 7) is 5.54. The van der Waals surface area contributed by atoms with Gasteiger partial charge in [0.1, 0.15) is 0 Å². The fourth-order valence-corrected chi connectivity index (χ4v) is 6.06.